The van der Waals surface area contributed by atoms with Gasteiger partial charge in [0, 0.05) is 7.11 Å². The zero-order valence-electron chi connectivity index (χ0n) is 11.3. The molecule has 2 aromatic rings. The molecule has 0 N–H and O–H groups in total. The van der Waals surface area contributed by atoms with Crippen LogP contribution >= 0.6 is 11.3 Å². The van der Waals surface area contributed by atoms with Crippen LogP contribution in [0.15, 0.2) is 24.3 Å². The Morgan fingerprint density at radius 2 is 1.85 bits per heavy atom. The summed E-state index contributed by atoms with van der Waals surface area (Å²) in [5.41, 5.74) is 0.660. The zero-order valence-corrected chi connectivity index (χ0v) is 12.1. The summed E-state index contributed by atoms with van der Waals surface area (Å²) in [5.74, 6) is 1.51. The molecule has 1 aromatic carbocycles. The molecule has 0 saturated heterocycles. The van der Waals surface area contributed by atoms with E-state index in [4.69, 9.17) is 19.5 Å². The van der Waals surface area contributed by atoms with Gasteiger partial charge in [-0.15, -0.1) is 11.3 Å². The van der Waals surface area contributed by atoms with Crippen molar-refractivity contribution in [3.05, 3.63) is 39.8 Å². The van der Waals surface area contributed by atoms with E-state index in [2.05, 4.69) is 11.1 Å². The normalized spacial score (nSPS) is 10.1. The second kappa shape index (κ2) is 6.89. The lowest BCUT2D eigenvalue weighted by atomic mass is 10.3. The Balaban J connectivity index is 2.01. The lowest BCUT2D eigenvalue weighted by Gasteiger charge is -2.04. The highest BCUT2D eigenvalue weighted by atomic mass is 32.1. The maximum Gasteiger partial charge on any atom is 0.140 e. The van der Waals surface area contributed by atoms with Crippen molar-refractivity contribution in [1.29, 1.82) is 5.26 Å². The van der Waals surface area contributed by atoms with Crippen molar-refractivity contribution in [1.82, 2.24) is 4.98 Å². The number of rotatable bonds is 6. The maximum atomic E-state index is 9.01. The lowest BCUT2D eigenvalue weighted by Crippen LogP contribution is -1.96. The summed E-state index contributed by atoms with van der Waals surface area (Å²) in [5, 5.41) is 9.77. The van der Waals surface area contributed by atoms with Crippen molar-refractivity contribution in [2.24, 2.45) is 0 Å². The molecule has 1 aromatic heterocycles. The molecule has 0 fully saturated rings. The molecule has 0 aliphatic heterocycles. The second-order valence-electron chi connectivity index (χ2n) is 3.89. The molecule has 104 valence electrons. The summed E-state index contributed by atoms with van der Waals surface area (Å²) in [6.07, 6.45) is 0. The van der Waals surface area contributed by atoms with E-state index in [1.807, 2.05) is 24.3 Å². The lowest BCUT2D eigenvalue weighted by molar-refractivity contribution is 0.181. The Bertz CT molecular complexity index is 602. The summed E-state index contributed by atoms with van der Waals surface area (Å²) in [4.78, 5) is 4.91. The van der Waals surface area contributed by atoms with Crippen LogP contribution in [-0.4, -0.2) is 19.2 Å². The highest BCUT2D eigenvalue weighted by Gasteiger charge is 2.11. The van der Waals surface area contributed by atoms with Gasteiger partial charge in [0.2, 0.25) is 0 Å². The largest absolute Gasteiger partial charge is 0.497 e. The van der Waals surface area contributed by atoms with Crippen molar-refractivity contribution in [3.63, 3.8) is 0 Å². The molecule has 0 radical (unpaired) electrons. The number of ether oxygens (including phenoxy) is 3. The minimum Gasteiger partial charge on any atom is -0.497 e. The van der Waals surface area contributed by atoms with Crippen molar-refractivity contribution >= 4 is 11.3 Å². The summed E-state index contributed by atoms with van der Waals surface area (Å²) in [7, 11) is 3.19. The van der Waals surface area contributed by atoms with Gasteiger partial charge in [0.25, 0.3) is 0 Å². The van der Waals surface area contributed by atoms with E-state index in [0.29, 0.717) is 23.8 Å². The van der Waals surface area contributed by atoms with Gasteiger partial charge in [-0.1, -0.05) is 0 Å². The van der Waals surface area contributed by atoms with Gasteiger partial charge < -0.3 is 14.2 Å². The SMILES string of the molecule is COCc1nc(COc2ccc(OC)cc2)sc1C#N. The molecular weight excluding hydrogens is 276 g/mol. The van der Waals surface area contributed by atoms with E-state index >= 15 is 0 Å². The van der Waals surface area contributed by atoms with E-state index in [9.17, 15) is 0 Å². The van der Waals surface area contributed by atoms with Crippen LogP contribution in [0.4, 0.5) is 0 Å². The number of nitriles is 1. The molecular formula is C14H14N2O3S. The Hall–Kier alpha value is -2.10. The van der Waals surface area contributed by atoms with Crippen LogP contribution < -0.4 is 9.47 Å². The van der Waals surface area contributed by atoms with Gasteiger partial charge >= 0.3 is 0 Å². The highest BCUT2D eigenvalue weighted by molar-refractivity contribution is 7.12. The van der Waals surface area contributed by atoms with Crippen molar-refractivity contribution < 1.29 is 14.2 Å². The molecule has 20 heavy (non-hydrogen) atoms. The van der Waals surface area contributed by atoms with Crippen molar-refractivity contribution in [2.45, 2.75) is 13.2 Å². The Labute approximate surface area is 121 Å². The van der Waals surface area contributed by atoms with Gasteiger partial charge in [-0.05, 0) is 24.3 Å². The van der Waals surface area contributed by atoms with Crippen LogP contribution in [0.25, 0.3) is 0 Å². The summed E-state index contributed by atoms with van der Waals surface area (Å²) in [6, 6.07) is 9.43. The quantitative estimate of drug-likeness (QED) is 0.818. The molecule has 0 atom stereocenters. The number of hydrogen-bond acceptors (Lipinski definition) is 6. The van der Waals surface area contributed by atoms with E-state index in [0.717, 1.165) is 16.5 Å². The average Bonchev–Trinajstić information content (AvgIpc) is 2.88. The topological polar surface area (TPSA) is 64.4 Å². The number of hydrogen-bond donors (Lipinski definition) is 0. The Kier molecular flexibility index (Phi) is 4.93. The van der Waals surface area contributed by atoms with E-state index in [1.165, 1.54) is 11.3 Å². The van der Waals surface area contributed by atoms with E-state index in [1.54, 1.807) is 14.2 Å². The third kappa shape index (κ3) is 3.47. The van der Waals surface area contributed by atoms with Crippen LogP contribution in [0.1, 0.15) is 15.6 Å². The van der Waals surface area contributed by atoms with E-state index in [-0.39, 0.29) is 0 Å². The van der Waals surface area contributed by atoms with Crippen LogP contribution in [0, 0.1) is 11.3 Å². The highest BCUT2D eigenvalue weighted by Crippen LogP contribution is 2.22. The molecule has 0 amide bonds. The summed E-state index contributed by atoms with van der Waals surface area (Å²) >= 11 is 1.32. The molecule has 0 aliphatic carbocycles. The van der Waals surface area contributed by atoms with Crippen LogP contribution in [-0.2, 0) is 18.0 Å². The molecule has 5 nitrogen and oxygen atoms in total. The van der Waals surface area contributed by atoms with Gasteiger partial charge in [-0.2, -0.15) is 5.26 Å². The molecule has 2 rings (SSSR count). The fraction of sp³-hybridized carbons (Fsp3) is 0.286. The summed E-state index contributed by atoms with van der Waals surface area (Å²) in [6.45, 7) is 0.664. The standard InChI is InChI=1S/C14H14N2O3S/c1-17-8-12-13(7-15)20-14(16-12)9-19-11-5-3-10(18-2)4-6-11/h3-6H,8-9H2,1-2H3. The van der Waals surface area contributed by atoms with Crippen LogP contribution in [0.2, 0.25) is 0 Å². The third-order valence-electron chi connectivity index (χ3n) is 2.55. The maximum absolute atomic E-state index is 9.01. The molecule has 0 aliphatic rings. The first kappa shape index (κ1) is 14.3. The molecule has 1 heterocycles. The Morgan fingerprint density at radius 3 is 2.45 bits per heavy atom. The Morgan fingerprint density at radius 1 is 1.15 bits per heavy atom. The third-order valence-corrected chi connectivity index (χ3v) is 3.52. The second-order valence-corrected chi connectivity index (χ2v) is 4.98. The number of nitrogens with zero attached hydrogens (tertiary/aromatic N) is 2. The van der Waals surface area contributed by atoms with Crippen LogP contribution in [0.3, 0.4) is 0 Å². The van der Waals surface area contributed by atoms with Crippen LogP contribution in [0.5, 0.6) is 11.5 Å². The van der Waals surface area contributed by atoms with Gasteiger partial charge in [0.15, 0.2) is 0 Å². The summed E-state index contributed by atoms with van der Waals surface area (Å²) < 4.78 is 15.7. The first-order chi connectivity index (χ1) is 9.76. The van der Waals surface area contributed by atoms with Gasteiger partial charge in [-0.3, -0.25) is 0 Å². The van der Waals surface area contributed by atoms with Gasteiger partial charge in [0.05, 0.1) is 19.4 Å². The van der Waals surface area contributed by atoms with Crippen molar-refractivity contribution in [3.8, 4) is 17.6 Å². The number of methoxy groups -OCH3 is 2. The predicted molar refractivity (Wildman–Crippen MR) is 74.9 cm³/mol. The predicted octanol–water partition coefficient (Wildman–Crippen LogP) is 2.75. The first-order valence-corrected chi connectivity index (χ1v) is 6.73. The monoisotopic (exact) mass is 290 g/mol. The fourth-order valence-corrected chi connectivity index (χ4v) is 2.38. The number of aromatic nitrogens is 1. The van der Waals surface area contributed by atoms with E-state index < -0.39 is 0 Å². The fourth-order valence-electron chi connectivity index (χ4n) is 1.60. The number of benzene rings is 1. The zero-order chi connectivity index (χ0) is 14.4. The van der Waals surface area contributed by atoms with Gasteiger partial charge in [-0.25, -0.2) is 4.98 Å². The number of thiazole rings is 1. The average molecular weight is 290 g/mol. The molecule has 6 heteroatoms. The first-order valence-electron chi connectivity index (χ1n) is 5.91. The molecule has 0 unspecified atom stereocenters. The van der Waals surface area contributed by atoms with Crippen molar-refractivity contribution in [2.75, 3.05) is 14.2 Å². The minimum absolute atomic E-state index is 0.329. The smallest absolute Gasteiger partial charge is 0.140 e. The minimum atomic E-state index is 0.329. The molecule has 0 bridgehead atoms. The molecule has 0 saturated carbocycles. The molecule has 0 spiro atoms. The van der Waals surface area contributed by atoms with Gasteiger partial charge in [0.1, 0.15) is 34.1 Å².